The number of carbonyl (C=O) groups excluding carboxylic acids is 1. The van der Waals surface area contributed by atoms with Gasteiger partial charge in [0.05, 0.1) is 13.7 Å². The van der Waals surface area contributed by atoms with Crippen molar-refractivity contribution in [1.82, 2.24) is 0 Å². The van der Waals surface area contributed by atoms with Gasteiger partial charge in [-0.2, -0.15) is 0 Å². The maximum atomic E-state index is 10.5. The molecule has 0 aliphatic carbocycles. The number of ether oxygens (including phenoxy) is 1. The number of aliphatic hydroxyl groups is 1. The quantitative estimate of drug-likeness (QED) is 0.354. The zero-order chi connectivity index (χ0) is 21.2. The summed E-state index contributed by atoms with van der Waals surface area (Å²) in [5, 5.41) is 8.94. The molecule has 0 aromatic heterocycles. The van der Waals surface area contributed by atoms with Crippen molar-refractivity contribution in [3.8, 4) is 0 Å². The van der Waals surface area contributed by atoms with E-state index in [4.69, 9.17) is 9.22 Å². The van der Waals surface area contributed by atoms with E-state index in [1.807, 2.05) is 0 Å². The summed E-state index contributed by atoms with van der Waals surface area (Å²) in [4.78, 5) is 10.5. The highest BCUT2D eigenvalue weighted by Gasteiger charge is 2.46. The van der Waals surface area contributed by atoms with Gasteiger partial charge >= 0.3 is 5.97 Å². The van der Waals surface area contributed by atoms with Gasteiger partial charge in [-0.05, 0) is 54.8 Å². The molecule has 0 spiro atoms. The normalized spacial score (nSPS) is 12.5. The lowest BCUT2D eigenvalue weighted by atomic mass is 10.2. The number of methoxy groups -OCH3 is 1. The largest absolute Gasteiger partial charge is 0.469 e. The fourth-order valence-electron chi connectivity index (χ4n) is 1.46. The topological polar surface area (TPSA) is 55.8 Å². The van der Waals surface area contributed by atoms with Crippen LogP contribution in [0.25, 0.3) is 0 Å². The van der Waals surface area contributed by atoms with E-state index >= 15 is 0 Å². The molecule has 0 fully saturated rings. The summed E-state index contributed by atoms with van der Waals surface area (Å²) in [7, 11) is -1.82. The molecule has 0 unspecified atom stereocenters. The highest BCUT2D eigenvalue weighted by Crippen LogP contribution is 2.44. The van der Waals surface area contributed by atoms with Crippen LogP contribution in [0, 0.1) is 0 Å². The summed E-state index contributed by atoms with van der Waals surface area (Å²) >= 11 is 0. The van der Waals surface area contributed by atoms with Crippen molar-refractivity contribution in [2.24, 2.45) is 0 Å². The van der Waals surface area contributed by atoms with Gasteiger partial charge < -0.3 is 14.0 Å². The van der Waals surface area contributed by atoms with Crippen LogP contribution in [-0.2, 0) is 13.6 Å². The minimum absolute atomic E-state index is 0.0191. The maximum absolute atomic E-state index is 10.5. The van der Waals surface area contributed by atoms with Crippen LogP contribution in [0.15, 0.2) is 17.9 Å². The minimum Gasteiger partial charge on any atom is -0.469 e. The van der Waals surface area contributed by atoms with E-state index in [0.717, 1.165) is 0 Å². The van der Waals surface area contributed by atoms with Gasteiger partial charge in [-0.25, -0.2) is 0 Å². The first-order valence-electron chi connectivity index (χ1n) is 9.29. The second-order valence-electron chi connectivity index (χ2n) is 9.49. The third kappa shape index (κ3) is 11.1. The first kappa shape index (κ1) is 27.6. The molecule has 0 rings (SSSR count). The molecule has 0 bridgehead atoms. The molecule has 0 aromatic carbocycles. The fourth-order valence-corrected chi connectivity index (χ4v) is 9.01. The monoisotopic (exact) mass is 402 g/mol. The lowest BCUT2D eigenvalue weighted by Crippen LogP contribution is -2.53. The summed E-state index contributed by atoms with van der Waals surface area (Å²) < 4.78 is 11.0. The van der Waals surface area contributed by atoms with E-state index < -0.39 is 16.6 Å². The zero-order valence-corrected chi connectivity index (χ0v) is 20.9. The molecule has 0 saturated heterocycles. The highest BCUT2D eigenvalue weighted by atomic mass is 28.4. The summed E-state index contributed by atoms with van der Waals surface area (Å²) in [6.45, 7) is 23.3. The summed E-state index contributed by atoms with van der Waals surface area (Å²) in [6.07, 6.45) is 4.14. The summed E-state index contributed by atoms with van der Waals surface area (Å²) in [5.74, 6) is -0.230. The van der Waals surface area contributed by atoms with E-state index in [2.05, 4.69) is 78.2 Å². The zero-order valence-electron chi connectivity index (χ0n) is 18.9. The summed E-state index contributed by atoms with van der Waals surface area (Å²) in [5.41, 5.74) is 2.71. The average molecular weight is 403 g/mol. The maximum Gasteiger partial charge on any atom is 0.305 e. The smallest absolute Gasteiger partial charge is 0.305 e. The standard InChI is InChI=1S/C12H30OSi2.C8H12O3/c1-11(2,3)14(7,8)13-15(9,10)12(4,5)6;1-11-8(10)6-4-2-3-5-7-9/h1-10H3;2,5,9H,4,6-7H2,1H3. The van der Waals surface area contributed by atoms with Gasteiger partial charge in [-0.3, -0.25) is 4.79 Å². The summed E-state index contributed by atoms with van der Waals surface area (Å²) in [6, 6.07) is 0. The number of hydrogen-bond acceptors (Lipinski definition) is 4. The van der Waals surface area contributed by atoms with Crippen LogP contribution < -0.4 is 0 Å². The number of hydrogen-bond donors (Lipinski definition) is 1. The van der Waals surface area contributed by atoms with Crippen molar-refractivity contribution in [3.05, 3.63) is 17.9 Å². The van der Waals surface area contributed by atoms with Crippen LogP contribution in [0.2, 0.25) is 36.3 Å². The average Bonchev–Trinajstić information content (AvgIpc) is 2.44. The number of carbonyl (C=O) groups is 1. The SMILES string of the molecule is CC(C)(C)[Si](C)(C)O[Si](C)(C)C(C)(C)C.COC(=O)CCC=C=CCO. The van der Waals surface area contributed by atoms with Crippen LogP contribution in [0.1, 0.15) is 54.4 Å². The Hall–Kier alpha value is -0.656. The molecule has 154 valence electrons. The van der Waals surface area contributed by atoms with Crippen molar-refractivity contribution in [2.45, 2.75) is 90.6 Å². The van der Waals surface area contributed by atoms with Crippen molar-refractivity contribution in [2.75, 3.05) is 13.7 Å². The molecule has 6 heteroatoms. The lowest BCUT2D eigenvalue weighted by Gasteiger charge is -2.47. The van der Waals surface area contributed by atoms with Crippen molar-refractivity contribution < 1.29 is 18.8 Å². The Kier molecular flexibility index (Phi) is 11.9. The van der Waals surface area contributed by atoms with Gasteiger partial charge in [0.2, 0.25) is 0 Å². The molecule has 0 amide bonds. The third-order valence-electron chi connectivity index (χ3n) is 5.17. The number of esters is 1. The third-order valence-corrected chi connectivity index (χ3v) is 16.5. The molecule has 0 aliphatic heterocycles. The van der Waals surface area contributed by atoms with E-state index in [9.17, 15) is 4.79 Å². The molecular weight excluding hydrogens is 360 g/mol. The van der Waals surface area contributed by atoms with Gasteiger partial charge in [0.25, 0.3) is 0 Å². The second-order valence-corrected chi connectivity index (χ2v) is 19.4. The Morgan fingerprint density at radius 1 is 0.962 bits per heavy atom. The fraction of sp³-hybridized carbons (Fsp3) is 0.800. The lowest BCUT2D eigenvalue weighted by molar-refractivity contribution is -0.140. The molecule has 0 aromatic rings. The second kappa shape index (κ2) is 11.2. The van der Waals surface area contributed by atoms with Gasteiger partial charge in [0.1, 0.15) is 0 Å². The highest BCUT2D eigenvalue weighted by molar-refractivity contribution is 6.87. The molecule has 0 heterocycles. The van der Waals surface area contributed by atoms with Crippen LogP contribution in [0.3, 0.4) is 0 Å². The first-order chi connectivity index (χ1) is 11.5. The molecule has 0 atom stereocenters. The van der Waals surface area contributed by atoms with Gasteiger partial charge in [0.15, 0.2) is 16.6 Å². The van der Waals surface area contributed by atoms with Crippen LogP contribution in [-0.4, -0.2) is 41.4 Å². The Labute approximate surface area is 163 Å². The Morgan fingerprint density at radius 2 is 1.38 bits per heavy atom. The molecule has 0 saturated carbocycles. The van der Waals surface area contributed by atoms with Gasteiger partial charge in [0, 0.05) is 6.42 Å². The van der Waals surface area contributed by atoms with Crippen molar-refractivity contribution in [3.63, 3.8) is 0 Å². The number of rotatable bonds is 6. The van der Waals surface area contributed by atoms with Crippen LogP contribution >= 0.6 is 0 Å². The van der Waals surface area contributed by atoms with E-state index in [1.165, 1.54) is 13.2 Å². The molecule has 0 aliphatic rings. The van der Waals surface area contributed by atoms with Crippen molar-refractivity contribution >= 4 is 22.6 Å². The predicted octanol–water partition coefficient (Wildman–Crippen LogP) is 5.66. The minimum atomic E-state index is -1.59. The van der Waals surface area contributed by atoms with Crippen molar-refractivity contribution in [1.29, 1.82) is 0 Å². The molecule has 4 nitrogen and oxygen atoms in total. The molecule has 0 radical (unpaired) electrons. The van der Waals surface area contributed by atoms with Crippen LogP contribution in [0.4, 0.5) is 0 Å². The first-order valence-corrected chi connectivity index (χ1v) is 15.1. The molecule has 1 N–H and O–H groups in total. The number of aliphatic hydroxyl groups excluding tert-OH is 1. The Bertz CT molecular complexity index is 453. The van der Waals surface area contributed by atoms with E-state index in [-0.39, 0.29) is 12.6 Å². The van der Waals surface area contributed by atoms with Gasteiger partial charge in [-0.1, -0.05) is 41.5 Å². The Morgan fingerprint density at radius 3 is 1.69 bits per heavy atom. The molecular formula is C20H42O4Si2. The van der Waals surface area contributed by atoms with Gasteiger partial charge in [-0.15, -0.1) is 5.73 Å². The Balaban J connectivity index is 0. The predicted molar refractivity (Wildman–Crippen MR) is 116 cm³/mol. The van der Waals surface area contributed by atoms with E-state index in [0.29, 0.717) is 22.9 Å². The van der Waals surface area contributed by atoms with E-state index in [1.54, 1.807) is 6.08 Å². The molecule has 26 heavy (non-hydrogen) atoms. The van der Waals surface area contributed by atoms with Crippen LogP contribution in [0.5, 0.6) is 0 Å².